The van der Waals surface area contributed by atoms with Crippen LogP contribution in [0.3, 0.4) is 0 Å². The summed E-state index contributed by atoms with van der Waals surface area (Å²) in [5, 5.41) is 4.70. The van der Waals surface area contributed by atoms with E-state index in [1.54, 1.807) is 0 Å². The lowest BCUT2D eigenvalue weighted by molar-refractivity contribution is -0.121. The van der Waals surface area contributed by atoms with E-state index in [2.05, 4.69) is 51.1 Å². The van der Waals surface area contributed by atoms with E-state index in [1.807, 2.05) is 6.33 Å². The molecule has 3 rings (SSSR count). The number of fused-ring (bicyclic) bond motifs is 1. The van der Waals surface area contributed by atoms with Gasteiger partial charge >= 0.3 is 6.03 Å². The molecule has 0 unspecified atom stereocenters. The number of hydrogen-bond donors (Lipinski definition) is 2. The van der Waals surface area contributed by atoms with Crippen LogP contribution in [-0.4, -0.2) is 53.1 Å². The summed E-state index contributed by atoms with van der Waals surface area (Å²) in [5.41, 5.74) is 4.80. The Bertz CT molecular complexity index is 806. The smallest absolute Gasteiger partial charge is 0.321 e. The van der Waals surface area contributed by atoms with Gasteiger partial charge in [0.25, 0.3) is 0 Å². The molecule has 3 amide bonds. The molecule has 7 heteroatoms. The molecule has 2 aromatic rings. The summed E-state index contributed by atoms with van der Waals surface area (Å²) in [7, 11) is 1.50. The summed E-state index contributed by atoms with van der Waals surface area (Å²) >= 11 is 0. The van der Waals surface area contributed by atoms with Gasteiger partial charge in [0.1, 0.15) is 0 Å². The maximum atomic E-state index is 11.8. The standard InChI is InChI=1S/C19H27N5O2/c1-13-8-16-17(9-14(13)2)24(12-21-16)10-15-4-6-23(7-5-15)11-18(25)22-19(26)20-3/h8-9,12,15H,4-7,10-11H2,1-3H3,(H2,20,22,25,26). The van der Waals surface area contributed by atoms with E-state index in [-0.39, 0.29) is 12.5 Å². The molecule has 140 valence electrons. The van der Waals surface area contributed by atoms with Crippen LogP contribution in [0, 0.1) is 19.8 Å². The summed E-state index contributed by atoms with van der Waals surface area (Å²) in [6.07, 6.45) is 4.02. The Kier molecular flexibility index (Phi) is 5.56. The first-order valence-electron chi connectivity index (χ1n) is 9.12. The zero-order valence-electron chi connectivity index (χ0n) is 15.7. The van der Waals surface area contributed by atoms with Crippen molar-refractivity contribution < 1.29 is 9.59 Å². The van der Waals surface area contributed by atoms with Crippen molar-refractivity contribution in [3.63, 3.8) is 0 Å². The van der Waals surface area contributed by atoms with Crippen LogP contribution < -0.4 is 10.6 Å². The quantitative estimate of drug-likeness (QED) is 0.875. The number of imide groups is 1. The normalized spacial score (nSPS) is 16.0. The molecule has 1 aromatic carbocycles. The van der Waals surface area contributed by atoms with E-state index in [4.69, 9.17) is 0 Å². The molecule has 26 heavy (non-hydrogen) atoms. The Balaban J connectivity index is 1.54. The Morgan fingerprint density at radius 3 is 2.58 bits per heavy atom. The van der Waals surface area contributed by atoms with Crippen LogP contribution in [0.5, 0.6) is 0 Å². The number of hydrogen-bond acceptors (Lipinski definition) is 4. The molecule has 2 N–H and O–H groups in total. The first-order chi connectivity index (χ1) is 12.5. The molecule has 0 saturated carbocycles. The third-order valence-corrected chi connectivity index (χ3v) is 5.25. The zero-order chi connectivity index (χ0) is 18.7. The van der Waals surface area contributed by atoms with Crippen molar-refractivity contribution >= 4 is 23.0 Å². The third kappa shape index (κ3) is 4.22. The van der Waals surface area contributed by atoms with Gasteiger partial charge in [0, 0.05) is 13.6 Å². The fourth-order valence-corrected chi connectivity index (χ4v) is 3.50. The first kappa shape index (κ1) is 18.4. The number of rotatable bonds is 4. The maximum Gasteiger partial charge on any atom is 0.321 e. The fraction of sp³-hybridized carbons (Fsp3) is 0.526. The maximum absolute atomic E-state index is 11.8. The number of likely N-dealkylation sites (tertiary alicyclic amines) is 1. The fourth-order valence-electron chi connectivity index (χ4n) is 3.50. The van der Waals surface area contributed by atoms with Crippen LogP contribution in [0.1, 0.15) is 24.0 Å². The Labute approximate surface area is 153 Å². The number of nitrogens with zero attached hydrogens (tertiary/aromatic N) is 3. The van der Waals surface area contributed by atoms with Crippen LogP contribution >= 0.6 is 0 Å². The average Bonchev–Trinajstić information content (AvgIpc) is 2.98. The average molecular weight is 357 g/mol. The molecule has 0 atom stereocenters. The van der Waals surface area contributed by atoms with Gasteiger partial charge < -0.3 is 9.88 Å². The minimum absolute atomic E-state index is 0.255. The van der Waals surface area contributed by atoms with Crippen molar-refractivity contribution in [2.75, 3.05) is 26.7 Å². The van der Waals surface area contributed by atoms with E-state index in [1.165, 1.54) is 23.7 Å². The summed E-state index contributed by atoms with van der Waals surface area (Å²) in [6.45, 7) is 7.22. The Morgan fingerprint density at radius 2 is 1.88 bits per heavy atom. The number of urea groups is 1. The van der Waals surface area contributed by atoms with Crippen molar-refractivity contribution in [1.82, 2.24) is 25.1 Å². The first-order valence-corrected chi connectivity index (χ1v) is 9.12. The molecule has 2 heterocycles. The van der Waals surface area contributed by atoms with E-state index >= 15 is 0 Å². The summed E-state index contributed by atoms with van der Waals surface area (Å²) in [4.78, 5) is 29.6. The predicted octanol–water partition coefficient (Wildman–Crippen LogP) is 1.82. The number of benzene rings is 1. The lowest BCUT2D eigenvalue weighted by Gasteiger charge is -2.31. The van der Waals surface area contributed by atoms with Crippen molar-refractivity contribution in [2.24, 2.45) is 5.92 Å². The topological polar surface area (TPSA) is 79.3 Å². The minimum Gasteiger partial charge on any atom is -0.341 e. The van der Waals surface area contributed by atoms with Gasteiger partial charge in [-0.15, -0.1) is 0 Å². The van der Waals surface area contributed by atoms with Gasteiger partial charge in [-0.1, -0.05) is 0 Å². The van der Waals surface area contributed by atoms with Gasteiger partial charge in [0.05, 0.1) is 23.9 Å². The molecule has 1 saturated heterocycles. The lowest BCUT2D eigenvalue weighted by Crippen LogP contribution is -2.45. The number of nitrogens with one attached hydrogen (secondary N) is 2. The SMILES string of the molecule is CNC(=O)NC(=O)CN1CCC(Cn2cnc3cc(C)c(C)cc32)CC1. The van der Waals surface area contributed by atoms with E-state index in [0.29, 0.717) is 5.92 Å². The highest BCUT2D eigenvalue weighted by Crippen LogP contribution is 2.23. The second-order valence-electron chi connectivity index (χ2n) is 7.17. The van der Waals surface area contributed by atoms with Gasteiger partial charge in [-0.25, -0.2) is 9.78 Å². The van der Waals surface area contributed by atoms with E-state index in [0.717, 1.165) is 38.0 Å². The number of piperidine rings is 1. The number of aryl methyl sites for hydroxylation is 2. The molecule has 0 bridgehead atoms. The van der Waals surface area contributed by atoms with Crippen LogP contribution in [0.2, 0.25) is 0 Å². The largest absolute Gasteiger partial charge is 0.341 e. The molecule has 0 aliphatic carbocycles. The van der Waals surface area contributed by atoms with Crippen molar-refractivity contribution in [3.8, 4) is 0 Å². The molecule has 0 radical (unpaired) electrons. The van der Waals surface area contributed by atoms with Gasteiger partial charge in [-0.2, -0.15) is 0 Å². The molecular weight excluding hydrogens is 330 g/mol. The number of carbonyl (C=O) groups is 2. The summed E-state index contributed by atoms with van der Waals surface area (Å²) < 4.78 is 2.25. The molecule has 1 fully saturated rings. The van der Waals surface area contributed by atoms with Crippen LogP contribution in [-0.2, 0) is 11.3 Å². The van der Waals surface area contributed by atoms with Gasteiger partial charge in [-0.3, -0.25) is 15.0 Å². The minimum atomic E-state index is -0.456. The second kappa shape index (κ2) is 7.86. The van der Waals surface area contributed by atoms with Crippen molar-refractivity contribution in [1.29, 1.82) is 0 Å². The Hall–Kier alpha value is -2.41. The summed E-state index contributed by atoms with van der Waals surface area (Å²) in [6, 6.07) is 3.91. The second-order valence-corrected chi connectivity index (χ2v) is 7.17. The predicted molar refractivity (Wildman–Crippen MR) is 101 cm³/mol. The lowest BCUT2D eigenvalue weighted by atomic mass is 9.96. The molecule has 7 nitrogen and oxygen atoms in total. The monoisotopic (exact) mass is 357 g/mol. The van der Waals surface area contributed by atoms with Gasteiger partial charge in [-0.05, 0) is 69.0 Å². The Morgan fingerprint density at radius 1 is 1.19 bits per heavy atom. The molecule has 1 aliphatic heterocycles. The molecule has 0 spiro atoms. The van der Waals surface area contributed by atoms with Crippen LogP contribution in [0.15, 0.2) is 18.5 Å². The number of carbonyl (C=O) groups excluding carboxylic acids is 2. The highest BCUT2D eigenvalue weighted by Gasteiger charge is 2.22. The molecule has 1 aliphatic rings. The number of imidazole rings is 1. The highest BCUT2D eigenvalue weighted by atomic mass is 16.2. The third-order valence-electron chi connectivity index (χ3n) is 5.25. The van der Waals surface area contributed by atoms with Gasteiger partial charge in [0.15, 0.2) is 0 Å². The van der Waals surface area contributed by atoms with Crippen molar-refractivity contribution in [3.05, 3.63) is 29.6 Å². The van der Waals surface area contributed by atoms with Crippen LogP contribution in [0.4, 0.5) is 4.79 Å². The molecule has 1 aromatic heterocycles. The molecular formula is C19H27N5O2. The summed E-state index contributed by atoms with van der Waals surface area (Å²) in [5.74, 6) is 0.321. The number of amides is 3. The van der Waals surface area contributed by atoms with Crippen LogP contribution in [0.25, 0.3) is 11.0 Å². The van der Waals surface area contributed by atoms with Crippen molar-refractivity contribution in [2.45, 2.75) is 33.2 Å². The number of aromatic nitrogens is 2. The van der Waals surface area contributed by atoms with E-state index in [9.17, 15) is 9.59 Å². The van der Waals surface area contributed by atoms with Gasteiger partial charge in [0.2, 0.25) is 5.91 Å². The highest BCUT2D eigenvalue weighted by molar-refractivity contribution is 5.95. The van der Waals surface area contributed by atoms with E-state index < -0.39 is 6.03 Å². The zero-order valence-corrected chi connectivity index (χ0v) is 15.7.